The van der Waals surface area contributed by atoms with E-state index in [1.54, 1.807) is 0 Å². The molecule has 1 amide bonds. The molecule has 23 heavy (non-hydrogen) atoms. The van der Waals surface area contributed by atoms with Gasteiger partial charge in [-0.2, -0.15) is 0 Å². The van der Waals surface area contributed by atoms with Gasteiger partial charge in [0.05, 0.1) is 0 Å². The van der Waals surface area contributed by atoms with Crippen LogP contribution in [0.15, 0.2) is 46.9 Å². The molecule has 4 heteroatoms. The minimum Gasteiger partial charge on any atom is -0.359 e. The Morgan fingerprint density at radius 2 is 1.96 bits per heavy atom. The molecule has 0 aliphatic heterocycles. The quantitative estimate of drug-likeness (QED) is 0.682. The number of amides is 1. The third-order valence-electron chi connectivity index (χ3n) is 4.49. The fourth-order valence-corrected chi connectivity index (χ4v) is 3.78. The second kappa shape index (κ2) is 5.53. The van der Waals surface area contributed by atoms with Crippen LogP contribution in [-0.2, 0) is 17.6 Å². The molecule has 2 N–H and O–H groups in total. The van der Waals surface area contributed by atoms with Crippen LogP contribution in [-0.4, -0.2) is 10.9 Å². The minimum atomic E-state index is 0.0166. The molecule has 3 nitrogen and oxygen atoms in total. The number of carbonyl (C=O) groups excluding carboxylic acids is 1. The van der Waals surface area contributed by atoms with Gasteiger partial charge in [0.25, 0.3) is 0 Å². The average molecular weight is 369 g/mol. The molecule has 1 unspecified atom stereocenters. The summed E-state index contributed by atoms with van der Waals surface area (Å²) in [4.78, 5) is 15.9. The van der Waals surface area contributed by atoms with Crippen LogP contribution >= 0.6 is 15.9 Å². The Morgan fingerprint density at radius 3 is 2.83 bits per heavy atom. The highest BCUT2D eigenvalue weighted by Crippen LogP contribution is 2.30. The van der Waals surface area contributed by atoms with Gasteiger partial charge < -0.3 is 10.3 Å². The minimum absolute atomic E-state index is 0.0166. The number of fused-ring (bicyclic) bond motifs is 2. The molecule has 1 aromatic heterocycles. The van der Waals surface area contributed by atoms with Crippen molar-refractivity contribution in [2.24, 2.45) is 5.92 Å². The molecule has 4 rings (SSSR count). The molecule has 0 spiro atoms. The van der Waals surface area contributed by atoms with Gasteiger partial charge >= 0.3 is 0 Å². The number of benzene rings is 2. The summed E-state index contributed by atoms with van der Waals surface area (Å²) in [5.74, 6) is 0.117. The van der Waals surface area contributed by atoms with E-state index in [1.807, 2.05) is 31.2 Å². The third-order valence-corrected chi connectivity index (χ3v) is 4.99. The summed E-state index contributed by atoms with van der Waals surface area (Å²) in [7, 11) is 0. The topological polar surface area (TPSA) is 44.9 Å². The summed E-state index contributed by atoms with van der Waals surface area (Å²) >= 11 is 3.50. The van der Waals surface area contributed by atoms with Crippen molar-refractivity contribution in [2.45, 2.75) is 19.8 Å². The van der Waals surface area contributed by atoms with Crippen molar-refractivity contribution in [1.29, 1.82) is 0 Å². The van der Waals surface area contributed by atoms with Gasteiger partial charge in [0, 0.05) is 32.7 Å². The lowest BCUT2D eigenvalue weighted by molar-refractivity contribution is -0.119. The molecule has 2 aromatic carbocycles. The first-order valence-corrected chi connectivity index (χ1v) is 8.55. The van der Waals surface area contributed by atoms with Gasteiger partial charge in [-0.1, -0.05) is 22.0 Å². The molecule has 1 atom stereocenters. The van der Waals surface area contributed by atoms with Crippen molar-refractivity contribution in [2.75, 3.05) is 5.32 Å². The van der Waals surface area contributed by atoms with Crippen molar-refractivity contribution in [3.8, 4) is 0 Å². The molecule has 0 saturated carbocycles. The molecule has 3 aromatic rings. The largest absolute Gasteiger partial charge is 0.359 e. The maximum Gasteiger partial charge on any atom is 0.228 e. The van der Waals surface area contributed by atoms with E-state index < -0.39 is 0 Å². The highest BCUT2D eigenvalue weighted by molar-refractivity contribution is 9.10. The Balaban J connectivity index is 1.51. The highest BCUT2D eigenvalue weighted by Gasteiger charge is 2.27. The molecule has 1 heterocycles. The van der Waals surface area contributed by atoms with Crippen molar-refractivity contribution in [3.63, 3.8) is 0 Å². The SMILES string of the molecule is Cc1cc2cc(NC(=O)C3Cc4ccc(Br)cc4C3)ccc2[nH]1. The molecule has 0 fully saturated rings. The predicted octanol–water partition coefficient (Wildman–Crippen LogP) is 4.59. The molecule has 0 saturated heterocycles. The fraction of sp³-hybridized carbons (Fsp3) is 0.211. The van der Waals surface area contributed by atoms with Crippen LogP contribution in [0.2, 0.25) is 0 Å². The smallest absolute Gasteiger partial charge is 0.228 e. The lowest BCUT2D eigenvalue weighted by atomic mass is 10.1. The van der Waals surface area contributed by atoms with Gasteiger partial charge in [-0.3, -0.25) is 4.79 Å². The number of aromatic amines is 1. The van der Waals surface area contributed by atoms with E-state index in [2.05, 4.69) is 44.4 Å². The molecule has 0 radical (unpaired) electrons. The number of hydrogen-bond donors (Lipinski definition) is 2. The van der Waals surface area contributed by atoms with Crippen LogP contribution < -0.4 is 5.32 Å². The predicted molar refractivity (Wildman–Crippen MR) is 96.7 cm³/mol. The fourth-order valence-electron chi connectivity index (χ4n) is 3.37. The van der Waals surface area contributed by atoms with Gasteiger partial charge in [0.2, 0.25) is 5.91 Å². The van der Waals surface area contributed by atoms with Gasteiger partial charge in [-0.05, 0) is 67.3 Å². The van der Waals surface area contributed by atoms with E-state index in [1.165, 1.54) is 11.1 Å². The number of aryl methyl sites for hydroxylation is 1. The summed E-state index contributed by atoms with van der Waals surface area (Å²) in [5, 5.41) is 4.19. The number of aromatic nitrogens is 1. The second-order valence-corrected chi connectivity index (χ2v) is 7.18. The number of anilines is 1. The van der Waals surface area contributed by atoms with E-state index in [4.69, 9.17) is 0 Å². The first-order chi connectivity index (χ1) is 11.1. The van der Waals surface area contributed by atoms with Crippen LogP contribution in [0.3, 0.4) is 0 Å². The summed E-state index contributed by atoms with van der Waals surface area (Å²) < 4.78 is 1.07. The molecule has 1 aliphatic carbocycles. The van der Waals surface area contributed by atoms with Crippen molar-refractivity contribution in [1.82, 2.24) is 4.98 Å². The van der Waals surface area contributed by atoms with E-state index in [0.29, 0.717) is 0 Å². The zero-order valence-electron chi connectivity index (χ0n) is 12.8. The number of hydrogen-bond acceptors (Lipinski definition) is 1. The summed E-state index contributed by atoms with van der Waals surface area (Å²) in [6, 6.07) is 14.4. The second-order valence-electron chi connectivity index (χ2n) is 6.26. The maximum atomic E-state index is 12.6. The molecule has 1 aliphatic rings. The van der Waals surface area contributed by atoms with Crippen LogP contribution in [0.1, 0.15) is 16.8 Å². The normalized spacial score (nSPS) is 16.5. The molecule has 0 bridgehead atoms. The Bertz CT molecular complexity index is 913. The molecule has 116 valence electrons. The van der Waals surface area contributed by atoms with E-state index >= 15 is 0 Å². The monoisotopic (exact) mass is 368 g/mol. The van der Waals surface area contributed by atoms with Crippen molar-refractivity contribution in [3.05, 3.63) is 63.8 Å². The van der Waals surface area contributed by atoms with Crippen LogP contribution in [0.25, 0.3) is 10.9 Å². The molecular weight excluding hydrogens is 352 g/mol. The van der Waals surface area contributed by atoms with E-state index in [-0.39, 0.29) is 11.8 Å². The Kier molecular flexibility index (Phi) is 3.49. The zero-order chi connectivity index (χ0) is 16.0. The lowest BCUT2D eigenvalue weighted by Crippen LogP contribution is -2.23. The number of nitrogens with one attached hydrogen (secondary N) is 2. The highest BCUT2D eigenvalue weighted by atomic mass is 79.9. The van der Waals surface area contributed by atoms with E-state index in [0.717, 1.165) is 39.6 Å². The van der Waals surface area contributed by atoms with Gasteiger partial charge in [-0.25, -0.2) is 0 Å². The van der Waals surface area contributed by atoms with Crippen LogP contribution in [0.4, 0.5) is 5.69 Å². The third kappa shape index (κ3) is 2.79. The number of carbonyl (C=O) groups is 1. The number of halogens is 1. The van der Waals surface area contributed by atoms with Crippen LogP contribution in [0, 0.1) is 12.8 Å². The maximum absolute atomic E-state index is 12.6. The first-order valence-electron chi connectivity index (χ1n) is 7.76. The summed E-state index contributed by atoms with van der Waals surface area (Å²) in [6.07, 6.45) is 1.63. The Hall–Kier alpha value is -2.07. The molecular formula is C19H17BrN2O. The van der Waals surface area contributed by atoms with Crippen LogP contribution in [0.5, 0.6) is 0 Å². The first kappa shape index (κ1) is 14.5. The standard InChI is InChI=1S/C19H17BrN2O/c1-11-6-14-10-17(4-5-18(14)21-11)22-19(23)15-7-12-2-3-16(20)9-13(12)8-15/h2-6,9-10,15,21H,7-8H2,1H3,(H,22,23). The number of rotatable bonds is 2. The number of H-pyrrole nitrogens is 1. The Morgan fingerprint density at radius 1 is 1.13 bits per heavy atom. The van der Waals surface area contributed by atoms with Gasteiger partial charge in [0.1, 0.15) is 0 Å². The van der Waals surface area contributed by atoms with E-state index in [9.17, 15) is 4.79 Å². The van der Waals surface area contributed by atoms with Gasteiger partial charge in [-0.15, -0.1) is 0 Å². The van der Waals surface area contributed by atoms with Gasteiger partial charge in [0.15, 0.2) is 0 Å². The zero-order valence-corrected chi connectivity index (χ0v) is 14.4. The lowest BCUT2D eigenvalue weighted by Gasteiger charge is -2.10. The average Bonchev–Trinajstić information content (AvgIpc) is 3.08. The Labute approximate surface area is 143 Å². The summed E-state index contributed by atoms with van der Waals surface area (Å²) in [6.45, 7) is 2.03. The van der Waals surface area contributed by atoms with Crippen molar-refractivity contribution < 1.29 is 4.79 Å². The summed E-state index contributed by atoms with van der Waals surface area (Å²) in [5.41, 5.74) is 5.64. The van der Waals surface area contributed by atoms with Crippen molar-refractivity contribution >= 4 is 38.4 Å².